The number of benzene rings is 3. The zero-order valence-electron chi connectivity index (χ0n) is 23.6. The summed E-state index contributed by atoms with van der Waals surface area (Å²) in [5.74, 6) is 0.872. The largest absolute Gasteiger partial charge is 0.543 e. The summed E-state index contributed by atoms with van der Waals surface area (Å²) in [6.07, 6.45) is 2.02. The Morgan fingerprint density at radius 1 is 0.757 bits per heavy atom. The van der Waals surface area contributed by atoms with Crippen molar-refractivity contribution in [1.82, 2.24) is 0 Å². The quantitative estimate of drug-likeness (QED) is 0.244. The second-order valence-electron chi connectivity index (χ2n) is 12.8. The fraction of sp³-hybridized carbons (Fsp3) is 0.400. The fourth-order valence-electron chi connectivity index (χ4n) is 3.47. The van der Waals surface area contributed by atoms with Gasteiger partial charge in [0.05, 0.1) is 3.39 Å². The van der Waals surface area contributed by atoms with E-state index < -0.39 is 16.6 Å². The molecule has 37 heavy (non-hydrogen) atoms. The molecule has 0 aromatic heterocycles. The van der Waals surface area contributed by atoms with Crippen LogP contribution in [0.25, 0.3) is 28.0 Å². The van der Waals surface area contributed by atoms with E-state index in [9.17, 15) is 0 Å². The standard InChI is InChI=1S/C30H39Br2FO2Si2/c1-29(2,3)36(7,8)34-24-13-11-21-15-22(16-23(18-28(31)32)25(21)19-24)20-12-14-27(26(33)17-20)35-37(9,10)30(4,5)6/h11-19H,1-10H3. The second kappa shape index (κ2) is 10.6. The molecular weight excluding hydrogens is 627 g/mol. The van der Waals surface area contributed by atoms with E-state index in [0.29, 0.717) is 5.75 Å². The van der Waals surface area contributed by atoms with Crippen LogP contribution in [-0.2, 0) is 0 Å². The lowest BCUT2D eigenvalue weighted by Crippen LogP contribution is -2.44. The lowest BCUT2D eigenvalue weighted by molar-refractivity contribution is 0.457. The van der Waals surface area contributed by atoms with Gasteiger partial charge in [-0.3, -0.25) is 0 Å². The van der Waals surface area contributed by atoms with E-state index in [1.54, 1.807) is 12.1 Å². The lowest BCUT2D eigenvalue weighted by atomic mass is 9.96. The van der Waals surface area contributed by atoms with E-state index >= 15 is 4.39 Å². The fourth-order valence-corrected chi connectivity index (χ4v) is 6.01. The van der Waals surface area contributed by atoms with Crippen molar-refractivity contribution < 1.29 is 13.2 Å². The van der Waals surface area contributed by atoms with Crippen LogP contribution >= 0.6 is 31.9 Å². The SMILES string of the molecule is CC(C)(C)[Si](C)(C)Oc1ccc2cc(-c3ccc(O[Si](C)(C)C(C)(C)C)c(F)c3)cc(C=C(Br)Br)c2c1. The van der Waals surface area contributed by atoms with Crippen LogP contribution < -0.4 is 8.85 Å². The van der Waals surface area contributed by atoms with Gasteiger partial charge in [-0.1, -0.05) is 53.7 Å². The molecule has 7 heteroatoms. The van der Waals surface area contributed by atoms with Gasteiger partial charge < -0.3 is 8.85 Å². The molecule has 3 rings (SSSR count). The highest BCUT2D eigenvalue weighted by atomic mass is 79.9. The van der Waals surface area contributed by atoms with E-state index in [0.717, 1.165) is 36.6 Å². The van der Waals surface area contributed by atoms with Crippen molar-refractivity contribution in [2.45, 2.75) is 77.8 Å². The molecule has 0 saturated heterocycles. The molecule has 0 radical (unpaired) electrons. The first-order valence-corrected chi connectivity index (χ1v) is 20.0. The van der Waals surface area contributed by atoms with Crippen molar-refractivity contribution in [2.75, 3.05) is 0 Å². The maximum absolute atomic E-state index is 15.2. The number of rotatable bonds is 6. The van der Waals surface area contributed by atoms with Crippen LogP contribution in [0.2, 0.25) is 36.3 Å². The third-order valence-electron chi connectivity index (χ3n) is 7.84. The van der Waals surface area contributed by atoms with Crippen LogP contribution in [0, 0.1) is 5.82 Å². The Balaban J connectivity index is 2.06. The van der Waals surface area contributed by atoms with Gasteiger partial charge in [-0.25, -0.2) is 4.39 Å². The third-order valence-corrected chi connectivity index (χ3v) is 17.0. The summed E-state index contributed by atoms with van der Waals surface area (Å²) in [5.41, 5.74) is 2.76. The summed E-state index contributed by atoms with van der Waals surface area (Å²) in [5, 5.41) is 2.25. The molecule has 0 heterocycles. The molecule has 0 aliphatic rings. The average molecular weight is 667 g/mol. The number of hydrogen-bond acceptors (Lipinski definition) is 2. The molecule has 0 unspecified atom stereocenters. The Labute approximate surface area is 241 Å². The Kier molecular flexibility index (Phi) is 8.65. The monoisotopic (exact) mass is 664 g/mol. The highest BCUT2D eigenvalue weighted by molar-refractivity contribution is 9.28. The predicted molar refractivity (Wildman–Crippen MR) is 171 cm³/mol. The summed E-state index contributed by atoms with van der Waals surface area (Å²) >= 11 is 7.03. The molecule has 0 saturated carbocycles. The predicted octanol–water partition coefficient (Wildman–Crippen LogP) is 11.5. The van der Waals surface area contributed by atoms with Crippen LogP contribution in [0.15, 0.2) is 51.9 Å². The molecule has 2 nitrogen and oxygen atoms in total. The van der Waals surface area contributed by atoms with Crippen molar-refractivity contribution in [3.63, 3.8) is 0 Å². The van der Waals surface area contributed by atoms with E-state index in [1.165, 1.54) is 0 Å². The van der Waals surface area contributed by atoms with Crippen LogP contribution in [-0.4, -0.2) is 16.6 Å². The first-order chi connectivity index (χ1) is 16.8. The van der Waals surface area contributed by atoms with Gasteiger partial charge in [-0.05, 0) is 138 Å². The second-order valence-corrected chi connectivity index (χ2v) is 25.0. The summed E-state index contributed by atoms with van der Waals surface area (Å²) in [6.45, 7) is 21.9. The van der Waals surface area contributed by atoms with Crippen LogP contribution in [0.5, 0.6) is 11.5 Å². The Morgan fingerprint density at radius 3 is 1.89 bits per heavy atom. The van der Waals surface area contributed by atoms with Gasteiger partial charge in [0.1, 0.15) is 11.5 Å². The van der Waals surface area contributed by atoms with Crippen molar-refractivity contribution in [2.24, 2.45) is 0 Å². The van der Waals surface area contributed by atoms with Gasteiger partial charge in [0, 0.05) is 0 Å². The summed E-state index contributed by atoms with van der Waals surface area (Å²) in [7, 11) is -4.11. The number of halogens is 3. The topological polar surface area (TPSA) is 18.5 Å². The van der Waals surface area contributed by atoms with Gasteiger partial charge in [-0.2, -0.15) is 0 Å². The lowest BCUT2D eigenvalue weighted by Gasteiger charge is -2.36. The van der Waals surface area contributed by atoms with Crippen molar-refractivity contribution in [3.8, 4) is 22.6 Å². The van der Waals surface area contributed by atoms with Gasteiger partial charge in [0.15, 0.2) is 5.82 Å². The smallest absolute Gasteiger partial charge is 0.250 e. The molecule has 0 fully saturated rings. The summed E-state index contributed by atoms with van der Waals surface area (Å²) in [4.78, 5) is 0. The Hall–Kier alpha value is -1.42. The first-order valence-electron chi connectivity index (χ1n) is 12.6. The normalized spacial score (nSPS) is 13.0. The molecule has 0 atom stereocenters. The highest BCUT2D eigenvalue weighted by Crippen LogP contribution is 2.41. The van der Waals surface area contributed by atoms with E-state index in [-0.39, 0.29) is 15.9 Å². The minimum atomic E-state index is -2.14. The molecule has 0 aliphatic carbocycles. The Bertz CT molecular complexity index is 1330. The van der Waals surface area contributed by atoms with Crippen LogP contribution in [0.1, 0.15) is 47.1 Å². The molecule has 0 spiro atoms. The molecule has 3 aromatic carbocycles. The van der Waals surface area contributed by atoms with Crippen LogP contribution in [0.3, 0.4) is 0 Å². The van der Waals surface area contributed by atoms with E-state index in [1.807, 2.05) is 18.2 Å². The third kappa shape index (κ3) is 6.97. The van der Waals surface area contributed by atoms with Gasteiger partial charge in [0.2, 0.25) is 8.32 Å². The van der Waals surface area contributed by atoms with Gasteiger partial charge in [-0.15, -0.1) is 0 Å². The molecule has 0 N–H and O–H groups in total. The summed E-state index contributed by atoms with van der Waals surface area (Å²) in [6, 6.07) is 15.7. The average Bonchev–Trinajstić information content (AvgIpc) is 2.73. The molecule has 0 aliphatic heterocycles. The zero-order chi connectivity index (χ0) is 28.0. The van der Waals surface area contributed by atoms with Gasteiger partial charge in [0.25, 0.3) is 8.32 Å². The number of hydrogen-bond donors (Lipinski definition) is 0. The maximum Gasteiger partial charge on any atom is 0.250 e. The highest BCUT2D eigenvalue weighted by Gasteiger charge is 2.40. The zero-order valence-corrected chi connectivity index (χ0v) is 28.8. The first kappa shape index (κ1) is 30.1. The minimum absolute atomic E-state index is 0.00604. The molecule has 200 valence electrons. The minimum Gasteiger partial charge on any atom is -0.543 e. The summed E-state index contributed by atoms with van der Waals surface area (Å²) < 4.78 is 28.9. The van der Waals surface area contributed by atoms with Crippen LogP contribution in [0.4, 0.5) is 4.39 Å². The number of fused-ring (bicyclic) bond motifs is 1. The van der Waals surface area contributed by atoms with Crippen molar-refractivity contribution >= 4 is 65.3 Å². The molecule has 0 bridgehead atoms. The van der Waals surface area contributed by atoms with Crippen molar-refractivity contribution in [3.05, 3.63) is 63.3 Å². The van der Waals surface area contributed by atoms with E-state index in [4.69, 9.17) is 8.85 Å². The molecule has 0 amide bonds. The Morgan fingerprint density at radius 2 is 1.35 bits per heavy atom. The van der Waals surface area contributed by atoms with Crippen molar-refractivity contribution in [1.29, 1.82) is 0 Å². The van der Waals surface area contributed by atoms with E-state index in [2.05, 4.69) is 124 Å². The maximum atomic E-state index is 15.2. The molecular formula is C30H39Br2FO2Si2. The van der Waals surface area contributed by atoms with Gasteiger partial charge >= 0.3 is 0 Å². The molecule has 3 aromatic rings.